The van der Waals surface area contributed by atoms with E-state index in [1.807, 2.05) is 0 Å². The van der Waals surface area contributed by atoms with Crippen molar-refractivity contribution in [3.63, 3.8) is 0 Å². The van der Waals surface area contributed by atoms with Crippen LogP contribution in [0.15, 0.2) is 52.3 Å². The van der Waals surface area contributed by atoms with E-state index in [1.54, 1.807) is 26.0 Å². The quantitative estimate of drug-likeness (QED) is 0.691. The number of nitrogens with zero attached hydrogens (tertiary/aromatic N) is 1. The Kier molecular flexibility index (Phi) is 6.74. The van der Waals surface area contributed by atoms with Gasteiger partial charge in [0.25, 0.3) is 10.0 Å². The predicted octanol–water partition coefficient (Wildman–Crippen LogP) is 3.18. The summed E-state index contributed by atoms with van der Waals surface area (Å²) in [5.41, 5.74) is 0.185. The molecule has 2 aromatic carbocycles. The fraction of sp³-hybridized carbons (Fsp3) is 0.294. The molecule has 0 bridgehead atoms. The third kappa shape index (κ3) is 4.73. The second-order valence-corrected chi connectivity index (χ2v) is 9.57. The highest BCUT2D eigenvalue weighted by molar-refractivity contribution is 7.92. The fourth-order valence-corrected chi connectivity index (χ4v) is 5.16. The summed E-state index contributed by atoms with van der Waals surface area (Å²) in [4.78, 5) is -0.0477. The van der Waals surface area contributed by atoms with E-state index in [4.69, 9.17) is 16.3 Å². The van der Waals surface area contributed by atoms with Gasteiger partial charge in [0.1, 0.15) is 5.75 Å². The number of anilines is 1. The summed E-state index contributed by atoms with van der Waals surface area (Å²) >= 11 is 5.91. The van der Waals surface area contributed by atoms with Crippen molar-refractivity contribution in [1.29, 1.82) is 0 Å². The van der Waals surface area contributed by atoms with Crippen LogP contribution in [0.3, 0.4) is 0 Å². The van der Waals surface area contributed by atoms with Crippen molar-refractivity contribution in [2.45, 2.75) is 23.6 Å². The van der Waals surface area contributed by atoms with Gasteiger partial charge in [-0.05, 0) is 42.5 Å². The Hall–Kier alpha value is -1.81. The molecule has 0 amide bonds. The van der Waals surface area contributed by atoms with Gasteiger partial charge in [-0.2, -0.15) is 4.31 Å². The minimum absolute atomic E-state index is 0.0329. The van der Waals surface area contributed by atoms with Crippen LogP contribution in [0, 0.1) is 0 Å². The van der Waals surface area contributed by atoms with Crippen LogP contribution >= 0.6 is 11.6 Å². The molecule has 0 saturated heterocycles. The SMILES string of the molecule is CCN(CC)S(=O)(=O)c1ccc(S(=O)(=O)Nc2cc(Cl)ccc2OC)cc1. The van der Waals surface area contributed by atoms with Crippen molar-refractivity contribution in [3.8, 4) is 5.75 Å². The zero-order valence-electron chi connectivity index (χ0n) is 15.1. The van der Waals surface area contributed by atoms with E-state index in [-0.39, 0.29) is 15.5 Å². The van der Waals surface area contributed by atoms with Crippen LogP contribution in [-0.4, -0.2) is 41.3 Å². The molecule has 2 aromatic rings. The highest BCUT2D eigenvalue weighted by Gasteiger charge is 2.23. The van der Waals surface area contributed by atoms with Crippen molar-refractivity contribution in [1.82, 2.24) is 4.31 Å². The molecule has 0 heterocycles. The number of hydrogen-bond donors (Lipinski definition) is 1. The van der Waals surface area contributed by atoms with Gasteiger partial charge < -0.3 is 4.74 Å². The van der Waals surface area contributed by atoms with Crippen molar-refractivity contribution in [2.24, 2.45) is 0 Å². The van der Waals surface area contributed by atoms with E-state index in [1.165, 1.54) is 41.7 Å². The molecule has 27 heavy (non-hydrogen) atoms. The van der Waals surface area contributed by atoms with Crippen molar-refractivity contribution in [2.75, 3.05) is 24.9 Å². The van der Waals surface area contributed by atoms with Gasteiger partial charge in [-0.3, -0.25) is 4.72 Å². The van der Waals surface area contributed by atoms with Crippen LogP contribution in [0.1, 0.15) is 13.8 Å². The van der Waals surface area contributed by atoms with Gasteiger partial charge in [0.2, 0.25) is 10.0 Å². The highest BCUT2D eigenvalue weighted by atomic mass is 35.5. The molecular formula is C17H21ClN2O5S2. The van der Waals surface area contributed by atoms with Crippen molar-refractivity contribution >= 4 is 37.3 Å². The van der Waals surface area contributed by atoms with Crippen molar-refractivity contribution in [3.05, 3.63) is 47.5 Å². The first-order valence-electron chi connectivity index (χ1n) is 8.12. The minimum Gasteiger partial charge on any atom is -0.495 e. The Morgan fingerprint density at radius 1 is 0.963 bits per heavy atom. The molecule has 0 aromatic heterocycles. The summed E-state index contributed by atoms with van der Waals surface area (Å²) in [5.74, 6) is 0.309. The topological polar surface area (TPSA) is 92.8 Å². The smallest absolute Gasteiger partial charge is 0.262 e. The molecular weight excluding hydrogens is 412 g/mol. The lowest BCUT2D eigenvalue weighted by atomic mass is 10.3. The zero-order valence-corrected chi connectivity index (χ0v) is 17.5. The first-order valence-corrected chi connectivity index (χ1v) is 11.4. The lowest BCUT2D eigenvalue weighted by Crippen LogP contribution is -2.30. The number of benzene rings is 2. The molecule has 0 fully saturated rings. The summed E-state index contributed by atoms with van der Waals surface area (Å²) in [6.07, 6.45) is 0. The molecule has 7 nitrogen and oxygen atoms in total. The number of rotatable bonds is 8. The van der Waals surface area contributed by atoms with E-state index in [2.05, 4.69) is 4.72 Å². The molecule has 0 unspecified atom stereocenters. The molecule has 0 aliphatic rings. The lowest BCUT2D eigenvalue weighted by Gasteiger charge is -2.18. The van der Waals surface area contributed by atoms with Crippen LogP contribution in [-0.2, 0) is 20.0 Å². The molecule has 0 atom stereocenters. The lowest BCUT2D eigenvalue weighted by molar-refractivity contribution is 0.417. The van der Waals surface area contributed by atoms with E-state index < -0.39 is 20.0 Å². The molecule has 2 rings (SSSR count). The molecule has 0 aliphatic carbocycles. The molecule has 0 spiro atoms. The average molecular weight is 433 g/mol. The number of sulfonamides is 2. The Labute approximate surface area is 165 Å². The average Bonchev–Trinajstić information content (AvgIpc) is 2.62. The third-order valence-corrected chi connectivity index (χ3v) is 7.56. The van der Waals surface area contributed by atoms with Crippen LogP contribution in [0.5, 0.6) is 5.75 Å². The Morgan fingerprint density at radius 3 is 2.04 bits per heavy atom. The summed E-state index contributed by atoms with van der Waals surface area (Å²) in [6, 6.07) is 9.59. The number of ether oxygens (including phenoxy) is 1. The first-order chi connectivity index (χ1) is 12.7. The molecule has 10 heteroatoms. The van der Waals surface area contributed by atoms with Crippen LogP contribution in [0.25, 0.3) is 0 Å². The largest absolute Gasteiger partial charge is 0.495 e. The number of nitrogens with one attached hydrogen (secondary N) is 1. The van der Waals surface area contributed by atoms with Gasteiger partial charge in [0.15, 0.2) is 0 Å². The third-order valence-electron chi connectivity index (χ3n) is 3.88. The van der Waals surface area contributed by atoms with Crippen LogP contribution in [0.4, 0.5) is 5.69 Å². The minimum atomic E-state index is -3.95. The monoisotopic (exact) mass is 432 g/mol. The van der Waals surface area contributed by atoms with E-state index in [9.17, 15) is 16.8 Å². The number of hydrogen-bond acceptors (Lipinski definition) is 5. The van der Waals surface area contributed by atoms with Gasteiger partial charge in [-0.15, -0.1) is 0 Å². The number of methoxy groups -OCH3 is 1. The maximum atomic E-state index is 12.6. The van der Waals surface area contributed by atoms with E-state index >= 15 is 0 Å². The van der Waals surface area contributed by atoms with Gasteiger partial charge in [-0.1, -0.05) is 25.4 Å². The summed E-state index contributed by atoms with van der Waals surface area (Å²) in [7, 11) is -6.20. The molecule has 0 saturated carbocycles. The van der Waals surface area contributed by atoms with Gasteiger partial charge >= 0.3 is 0 Å². The number of halogens is 1. The highest BCUT2D eigenvalue weighted by Crippen LogP contribution is 2.30. The first kappa shape index (κ1) is 21.5. The standard InChI is InChI=1S/C17H21ClN2O5S2/c1-4-20(5-2)27(23,24)15-9-7-14(8-10-15)26(21,22)19-16-12-13(18)6-11-17(16)25-3/h6-12,19H,4-5H2,1-3H3. The van der Waals surface area contributed by atoms with E-state index in [0.29, 0.717) is 23.9 Å². The Bertz CT molecular complexity index is 1000. The fourth-order valence-electron chi connectivity index (χ4n) is 2.47. The second kappa shape index (κ2) is 8.47. The predicted molar refractivity (Wildman–Crippen MR) is 105 cm³/mol. The Balaban J connectivity index is 2.35. The maximum Gasteiger partial charge on any atom is 0.262 e. The van der Waals surface area contributed by atoms with Crippen LogP contribution < -0.4 is 9.46 Å². The van der Waals surface area contributed by atoms with Crippen LogP contribution in [0.2, 0.25) is 5.02 Å². The summed E-state index contributed by atoms with van der Waals surface area (Å²) in [6.45, 7) is 4.13. The van der Waals surface area contributed by atoms with Gasteiger partial charge in [-0.25, -0.2) is 16.8 Å². The van der Waals surface area contributed by atoms with E-state index in [0.717, 1.165) is 0 Å². The molecule has 0 radical (unpaired) electrons. The van der Waals surface area contributed by atoms with Gasteiger partial charge in [0.05, 0.1) is 22.6 Å². The maximum absolute atomic E-state index is 12.6. The Morgan fingerprint density at radius 2 is 1.52 bits per heavy atom. The molecule has 1 N–H and O–H groups in total. The zero-order chi connectivity index (χ0) is 20.2. The summed E-state index contributed by atoms with van der Waals surface area (Å²) < 4.78 is 59.1. The van der Waals surface area contributed by atoms with Crippen molar-refractivity contribution < 1.29 is 21.6 Å². The molecule has 0 aliphatic heterocycles. The van der Waals surface area contributed by atoms with Gasteiger partial charge in [0, 0.05) is 18.1 Å². The second-order valence-electron chi connectivity index (χ2n) is 5.51. The normalized spacial score (nSPS) is 12.2. The summed E-state index contributed by atoms with van der Waals surface area (Å²) in [5, 5.41) is 0.342. The molecule has 148 valence electrons.